The molecule has 7 nitrogen and oxygen atoms in total. The Labute approximate surface area is 138 Å². The number of benzene rings is 1. The van der Waals surface area contributed by atoms with Gasteiger partial charge in [0.2, 0.25) is 5.95 Å². The lowest BCUT2D eigenvalue weighted by molar-refractivity contribution is 0.210. The van der Waals surface area contributed by atoms with Crippen LogP contribution in [0.3, 0.4) is 0 Å². The fourth-order valence-corrected chi connectivity index (χ4v) is 2.62. The zero-order chi connectivity index (χ0) is 16.4. The van der Waals surface area contributed by atoms with E-state index in [-0.39, 0.29) is 0 Å². The Morgan fingerprint density at radius 2 is 1.96 bits per heavy atom. The van der Waals surface area contributed by atoms with Gasteiger partial charge in [0.15, 0.2) is 0 Å². The third-order valence-electron chi connectivity index (χ3n) is 3.79. The molecule has 1 N–H and O–H groups in total. The molecule has 7 heteroatoms. The average Bonchev–Trinajstić information content (AvgIpc) is 3.05. The van der Waals surface area contributed by atoms with E-state index >= 15 is 0 Å². The molecule has 0 atom stereocenters. The van der Waals surface area contributed by atoms with Crippen LogP contribution >= 0.6 is 0 Å². The number of ether oxygens (including phenoxy) is 1. The summed E-state index contributed by atoms with van der Waals surface area (Å²) in [5.74, 6) is 0.575. The van der Waals surface area contributed by atoms with Crippen LogP contribution in [0.4, 0.5) is 5.95 Å². The minimum absolute atomic E-state index is 0.575. The normalized spacial score (nSPS) is 11.2. The van der Waals surface area contributed by atoms with Crippen LogP contribution < -0.4 is 5.32 Å². The average molecular weight is 320 g/mol. The molecule has 0 bridgehead atoms. The molecule has 3 aromatic heterocycles. The summed E-state index contributed by atoms with van der Waals surface area (Å²) in [5, 5.41) is 7.59. The lowest BCUT2D eigenvalue weighted by Crippen LogP contribution is -2.11. The molecule has 0 unspecified atom stereocenters. The Morgan fingerprint density at radius 1 is 1.08 bits per heavy atom. The van der Waals surface area contributed by atoms with Crippen molar-refractivity contribution in [2.24, 2.45) is 0 Å². The summed E-state index contributed by atoms with van der Waals surface area (Å²) in [4.78, 5) is 13.0. The molecular weight excluding hydrogens is 304 g/mol. The van der Waals surface area contributed by atoms with E-state index in [1.54, 1.807) is 19.5 Å². The molecule has 0 spiro atoms. The molecule has 0 aliphatic heterocycles. The summed E-state index contributed by atoms with van der Waals surface area (Å²) in [5.41, 5.74) is 4.81. The van der Waals surface area contributed by atoms with Crippen molar-refractivity contribution in [3.8, 4) is 11.1 Å². The summed E-state index contributed by atoms with van der Waals surface area (Å²) in [6.45, 7) is 1.27. The second-order valence-electron chi connectivity index (χ2n) is 5.32. The Balaban J connectivity index is 1.70. The predicted octanol–water partition coefficient (Wildman–Crippen LogP) is 2.40. The first-order valence-corrected chi connectivity index (χ1v) is 7.63. The monoisotopic (exact) mass is 320 g/mol. The third kappa shape index (κ3) is 2.65. The standard InChI is InChI=1S/C17H16N6O/c1-24-9-7-20-17-21-11-16-13(4-8-23(16)22-17)12-2-3-14-15(10-12)19-6-5-18-14/h2-6,8,10-11H,7,9H2,1H3,(H,20,22). The number of nitrogens with one attached hydrogen (secondary N) is 1. The fraction of sp³-hybridized carbons (Fsp3) is 0.176. The second kappa shape index (κ2) is 6.21. The third-order valence-corrected chi connectivity index (χ3v) is 3.79. The van der Waals surface area contributed by atoms with E-state index in [2.05, 4.69) is 25.4 Å². The number of hydrogen-bond donors (Lipinski definition) is 1. The minimum Gasteiger partial charge on any atom is -0.383 e. The number of nitrogens with zero attached hydrogens (tertiary/aromatic N) is 5. The maximum atomic E-state index is 5.01. The lowest BCUT2D eigenvalue weighted by Gasteiger charge is -2.05. The van der Waals surface area contributed by atoms with Gasteiger partial charge in [0.1, 0.15) is 0 Å². The lowest BCUT2D eigenvalue weighted by atomic mass is 10.1. The van der Waals surface area contributed by atoms with Gasteiger partial charge >= 0.3 is 0 Å². The fourth-order valence-electron chi connectivity index (χ4n) is 2.62. The van der Waals surface area contributed by atoms with Gasteiger partial charge in [0.25, 0.3) is 0 Å². The van der Waals surface area contributed by atoms with E-state index < -0.39 is 0 Å². The molecule has 0 amide bonds. The number of methoxy groups -OCH3 is 1. The summed E-state index contributed by atoms with van der Waals surface area (Å²) < 4.78 is 6.83. The molecule has 0 aliphatic carbocycles. The van der Waals surface area contributed by atoms with Crippen molar-refractivity contribution in [3.05, 3.63) is 49.1 Å². The van der Waals surface area contributed by atoms with Gasteiger partial charge in [0, 0.05) is 37.8 Å². The number of rotatable bonds is 5. The van der Waals surface area contributed by atoms with Gasteiger partial charge in [0.05, 0.1) is 29.4 Å². The topological polar surface area (TPSA) is 77.2 Å². The SMILES string of the molecule is COCCNc1ncc2c(-c3ccc4nccnc4c3)ccn2n1. The highest BCUT2D eigenvalue weighted by atomic mass is 16.5. The quantitative estimate of drug-likeness (QED) is 0.569. The van der Waals surface area contributed by atoms with Crippen LogP contribution in [0, 0.1) is 0 Å². The van der Waals surface area contributed by atoms with Gasteiger partial charge in [-0.05, 0) is 23.8 Å². The van der Waals surface area contributed by atoms with Crippen LogP contribution in [0.25, 0.3) is 27.7 Å². The van der Waals surface area contributed by atoms with Crippen LogP contribution in [0.1, 0.15) is 0 Å². The Hall–Kier alpha value is -3.06. The van der Waals surface area contributed by atoms with Gasteiger partial charge in [-0.2, -0.15) is 0 Å². The molecule has 3 heterocycles. The van der Waals surface area contributed by atoms with E-state index in [9.17, 15) is 0 Å². The van der Waals surface area contributed by atoms with Crippen molar-refractivity contribution in [2.45, 2.75) is 0 Å². The number of fused-ring (bicyclic) bond motifs is 2. The highest BCUT2D eigenvalue weighted by molar-refractivity contribution is 5.86. The molecule has 0 radical (unpaired) electrons. The second-order valence-corrected chi connectivity index (χ2v) is 5.32. The van der Waals surface area contributed by atoms with E-state index in [0.717, 1.165) is 27.7 Å². The largest absolute Gasteiger partial charge is 0.383 e. The van der Waals surface area contributed by atoms with Crippen LogP contribution in [-0.2, 0) is 4.74 Å². The smallest absolute Gasteiger partial charge is 0.241 e. The van der Waals surface area contributed by atoms with Gasteiger partial charge in [-0.1, -0.05) is 6.07 Å². The van der Waals surface area contributed by atoms with Crippen LogP contribution in [-0.4, -0.2) is 44.8 Å². The van der Waals surface area contributed by atoms with Gasteiger partial charge in [-0.15, -0.1) is 5.10 Å². The molecule has 120 valence electrons. The van der Waals surface area contributed by atoms with Gasteiger partial charge < -0.3 is 10.1 Å². The summed E-state index contributed by atoms with van der Waals surface area (Å²) >= 11 is 0. The van der Waals surface area contributed by atoms with Crippen molar-refractivity contribution in [1.29, 1.82) is 0 Å². The van der Waals surface area contributed by atoms with Crippen LogP contribution in [0.5, 0.6) is 0 Å². The van der Waals surface area contributed by atoms with E-state index in [1.165, 1.54) is 0 Å². The molecule has 1 aromatic carbocycles. The summed E-state index contributed by atoms with van der Waals surface area (Å²) in [7, 11) is 1.66. The van der Waals surface area contributed by atoms with E-state index in [0.29, 0.717) is 19.1 Å². The Kier molecular flexibility index (Phi) is 3.76. The van der Waals surface area contributed by atoms with E-state index in [4.69, 9.17) is 4.74 Å². The first-order chi connectivity index (χ1) is 11.8. The van der Waals surface area contributed by atoms with Gasteiger partial charge in [-0.25, -0.2) is 9.50 Å². The molecule has 0 fully saturated rings. The molecular formula is C17H16N6O. The molecule has 0 aliphatic rings. The first kappa shape index (κ1) is 14.5. The molecule has 4 rings (SSSR count). The number of anilines is 1. The minimum atomic E-state index is 0.575. The van der Waals surface area contributed by atoms with E-state index in [1.807, 2.05) is 41.2 Å². The molecule has 0 saturated carbocycles. The highest BCUT2D eigenvalue weighted by Gasteiger charge is 2.09. The summed E-state index contributed by atoms with van der Waals surface area (Å²) in [6.07, 6.45) is 7.14. The molecule has 4 aromatic rings. The zero-order valence-corrected chi connectivity index (χ0v) is 13.2. The highest BCUT2D eigenvalue weighted by Crippen LogP contribution is 2.27. The van der Waals surface area contributed by atoms with Crippen molar-refractivity contribution in [2.75, 3.05) is 25.6 Å². The molecule has 24 heavy (non-hydrogen) atoms. The van der Waals surface area contributed by atoms with Gasteiger partial charge in [-0.3, -0.25) is 9.97 Å². The molecule has 0 saturated heterocycles. The first-order valence-electron chi connectivity index (χ1n) is 7.63. The number of hydrogen-bond acceptors (Lipinski definition) is 6. The Bertz CT molecular complexity index is 997. The number of aromatic nitrogens is 5. The summed E-state index contributed by atoms with van der Waals surface area (Å²) in [6, 6.07) is 8.07. The van der Waals surface area contributed by atoms with Crippen molar-refractivity contribution < 1.29 is 4.74 Å². The van der Waals surface area contributed by atoms with Crippen LogP contribution in [0.2, 0.25) is 0 Å². The van der Waals surface area contributed by atoms with Crippen LogP contribution in [0.15, 0.2) is 49.1 Å². The Morgan fingerprint density at radius 3 is 2.83 bits per heavy atom. The van der Waals surface area contributed by atoms with Crippen molar-refractivity contribution in [1.82, 2.24) is 24.6 Å². The predicted molar refractivity (Wildman–Crippen MR) is 91.9 cm³/mol. The maximum Gasteiger partial charge on any atom is 0.241 e. The zero-order valence-electron chi connectivity index (χ0n) is 13.2. The van der Waals surface area contributed by atoms with Crippen molar-refractivity contribution >= 4 is 22.5 Å². The van der Waals surface area contributed by atoms with Crippen molar-refractivity contribution in [3.63, 3.8) is 0 Å². The maximum absolute atomic E-state index is 5.01.